The SMILES string of the molecule is CO/N=C(\C(=O)NC1C(=O)N2C(C(=O)O)=C(COC(N)=O)CSC12)c1ccco1.CO/N=C(\C(=O)NC1C(=O)N2C(C(=O)OC(C)OC(C)=O)=C(COC(N)=O)CSC12)c1ccco1. The van der Waals surface area contributed by atoms with Gasteiger partial charge in [0.15, 0.2) is 11.5 Å². The number of furan rings is 2. The molecule has 0 saturated carbocycles. The number of carboxylic acid groups (broad SMARTS) is 1. The minimum absolute atomic E-state index is 0.124. The maximum absolute atomic E-state index is 13.0. The molecule has 5 atom stereocenters. The van der Waals surface area contributed by atoms with Gasteiger partial charge in [0, 0.05) is 36.5 Å². The fourth-order valence-corrected chi connectivity index (χ4v) is 8.84. The third-order valence-corrected chi connectivity index (χ3v) is 11.4. The summed E-state index contributed by atoms with van der Waals surface area (Å²) in [4.78, 5) is 120. The van der Waals surface area contributed by atoms with Crippen molar-refractivity contribution in [2.45, 2.75) is 43.0 Å². The summed E-state index contributed by atoms with van der Waals surface area (Å²) in [5.74, 6) is -5.14. The van der Waals surface area contributed by atoms with E-state index < -0.39 is 82.8 Å². The number of nitrogens with two attached hydrogens (primary N) is 2. The first kappa shape index (κ1) is 47.6. The Labute approximate surface area is 368 Å². The Morgan fingerprint density at radius 3 is 1.59 bits per heavy atom. The molecule has 64 heavy (non-hydrogen) atoms. The summed E-state index contributed by atoms with van der Waals surface area (Å²) in [7, 11) is 2.50. The fourth-order valence-electron chi connectivity index (χ4n) is 6.18. The van der Waals surface area contributed by atoms with E-state index in [0.29, 0.717) is 0 Å². The zero-order valence-corrected chi connectivity index (χ0v) is 35.5. The summed E-state index contributed by atoms with van der Waals surface area (Å²) in [5.41, 5.74) is 9.56. The molecule has 6 rings (SSSR count). The van der Waals surface area contributed by atoms with Crippen molar-refractivity contribution in [2.75, 3.05) is 38.9 Å². The normalized spacial score (nSPS) is 20.7. The number of fused-ring (bicyclic) bond motifs is 2. The first-order valence-electron chi connectivity index (χ1n) is 18.2. The van der Waals surface area contributed by atoms with E-state index in [1.54, 1.807) is 12.1 Å². The molecule has 7 N–H and O–H groups in total. The van der Waals surface area contributed by atoms with E-state index in [9.17, 15) is 48.3 Å². The van der Waals surface area contributed by atoms with Gasteiger partial charge in [-0.1, -0.05) is 10.3 Å². The molecule has 28 heteroatoms. The predicted octanol–water partition coefficient (Wildman–Crippen LogP) is -0.704. The lowest BCUT2D eigenvalue weighted by Gasteiger charge is -2.49. The van der Waals surface area contributed by atoms with Crippen LogP contribution in [-0.4, -0.2) is 148 Å². The molecule has 4 aliphatic heterocycles. The van der Waals surface area contributed by atoms with Gasteiger partial charge in [-0.25, -0.2) is 19.2 Å². The van der Waals surface area contributed by atoms with Gasteiger partial charge in [-0.05, 0) is 24.3 Å². The van der Waals surface area contributed by atoms with E-state index in [1.165, 1.54) is 69.3 Å². The number of hydrogen-bond donors (Lipinski definition) is 5. The second-order valence-corrected chi connectivity index (χ2v) is 15.1. The molecule has 342 valence electrons. The molecule has 4 aliphatic rings. The number of nitrogens with one attached hydrogen (secondary N) is 2. The molecule has 5 unspecified atom stereocenters. The molecular formula is C36H38N8O18S2. The van der Waals surface area contributed by atoms with Crippen molar-refractivity contribution in [3.05, 3.63) is 70.9 Å². The van der Waals surface area contributed by atoms with Crippen molar-refractivity contribution >= 4 is 88.7 Å². The van der Waals surface area contributed by atoms with Crippen molar-refractivity contribution < 1.29 is 85.7 Å². The third-order valence-electron chi connectivity index (χ3n) is 8.75. The maximum Gasteiger partial charge on any atom is 0.404 e. The number of ether oxygens (including phenoxy) is 4. The molecule has 0 bridgehead atoms. The molecule has 6 amide bonds. The topological polar surface area (TPSA) is 363 Å². The molecule has 2 aromatic heterocycles. The number of nitrogens with zero attached hydrogens (tertiary/aromatic N) is 4. The number of rotatable bonds is 16. The minimum atomic E-state index is -1.35. The molecule has 6 heterocycles. The number of aliphatic carboxylic acids is 1. The highest BCUT2D eigenvalue weighted by Crippen LogP contribution is 2.42. The van der Waals surface area contributed by atoms with Gasteiger partial charge in [0.25, 0.3) is 23.6 Å². The average Bonchev–Trinajstić information content (AvgIpc) is 3.99. The van der Waals surface area contributed by atoms with E-state index >= 15 is 0 Å². The number of oxime groups is 2. The molecular weight excluding hydrogens is 897 g/mol. The average molecular weight is 935 g/mol. The quantitative estimate of drug-likeness (QED) is 0.0347. The standard InChI is InChI=1S/C20H22N4O10S.C16H16N4O8S/c1-9(25)33-10(2)34-19(28)15-11(7-32-20(21)29)8-35-18-14(17(27)24(15)18)22-16(26)13(23-30-3)12-5-4-6-31-12;1-26-19-9(8-3-2-4-27-8)12(21)18-10-13(22)20-11(15(23)24)7(5-28-16(17)25)6-29-14(10)20/h4-6,10,14,18H,7-8H2,1-3H3,(H2,21,29)(H,22,26);2-4,10,14H,5-6H2,1H3,(H2,17,25)(H,18,21)(H,23,24)/b23-13-;19-9-. The van der Waals surface area contributed by atoms with Crippen LogP contribution in [0.15, 0.2) is 78.5 Å². The molecule has 2 aromatic rings. The summed E-state index contributed by atoms with van der Waals surface area (Å²) in [5, 5.41) is 20.5. The van der Waals surface area contributed by atoms with Crippen LogP contribution in [0.1, 0.15) is 25.4 Å². The molecule has 26 nitrogen and oxygen atoms in total. The van der Waals surface area contributed by atoms with Gasteiger partial charge in [0.2, 0.25) is 17.7 Å². The van der Waals surface area contributed by atoms with E-state index in [2.05, 4.69) is 30.5 Å². The van der Waals surface area contributed by atoms with Crippen molar-refractivity contribution in [1.29, 1.82) is 0 Å². The van der Waals surface area contributed by atoms with Crippen LogP contribution < -0.4 is 22.1 Å². The number of β-lactam (4-membered cyclic amide) rings is 2. The van der Waals surface area contributed by atoms with Crippen molar-refractivity contribution in [1.82, 2.24) is 20.4 Å². The second-order valence-electron chi connectivity index (χ2n) is 12.9. The highest BCUT2D eigenvalue weighted by molar-refractivity contribution is 8.00. The Balaban J connectivity index is 0.000000245. The van der Waals surface area contributed by atoms with E-state index in [0.717, 1.165) is 16.7 Å². The number of esters is 2. The molecule has 0 spiro atoms. The van der Waals surface area contributed by atoms with Crippen LogP contribution in [0.2, 0.25) is 0 Å². The molecule has 0 radical (unpaired) electrons. The van der Waals surface area contributed by atoms with E-state index in [-0.39, 0.29) is 70.2 Å². The smallest absolute Gasteiger partial charge is 0.404 e. The third kappa shape index (κ3) is 10.7. The van der Waals surface area contributed by atoms with Crippen LogP contribution in [0.4, 0.5) is 9.59 Å². The van der Waals surface area contributed by atoms with Crippen LogP contribution in [0.25, 0.3) is 0 Å². The van der Waals surface area contributed by atoms with E-state index in [4.69, 9.17) is 39.3 Å². The summed E-state index contributed by atoms with van der Waals surface area (Å²) < 4.78 is 29.7. The van der Waals surface area contributed by atoms with Crippen molar-refractivity contribution in [3.63, 3.8) is 0 Å². The Hall–Kier alpha value is -7.49. The van der Waals surface area contributed by atoms with E-state index in [1.807, 2.05) is 0 Å². The molecule has 0 aliphatic carbocycles. The highest BCUT2D eigenvalue weighted by atomic mass is 32.2. The van der Waals surface area contributed by atoms with Gasteiger partial charge in [-0.15, -0.1) is 23.5 Å². The Morgan fingerprint density at radius 2 is 1.22 bits per heavy atom. The summed E-state index contributed by atoms with van der Waals surface area (Å²) in [6.45, 7) is 1.74. The Kier molecular flexibility index (Phi) is 15.6. The van der Waals surface area contributed by atoms with Crippen LogP contribution in [-0.2, 0) is 62.2 Å². The largest absolute Gasteiger partial charge is 0.477 e. The summed E-state index contributed by atoms with van der Waals surface area (Å²) >= 11 is 2.43. The number of primary amides is 2. The van der Waals surface area contributed by atoms with Gasteiger partial charge in [-0.3, -0.25) is 33.8 Å². The summed E-state index contributed by atoms with van der Waals surface area (Å²) in [6, 6.07) is 4.11. The first-order valence-corrected chi connectivity index (χ1v) is 20.3. The monoisotopic (exact) mass is 934 g/mol. The molecule has 2 saturated heterocycles. The van der Waals surface area contributed by atoms with Gasteiger partial charge in [-0.2, -0.15) is 0 Å². The van der Waals surface area contributed by atoms with Gasteiger partial charge in [0.1, 0.15) is 61.7 Å². The Morgan fingerprint density at radius 1 is 0.781 bits per heavy atom. The van der Waals surface area contributed by atoms with Crippen LogP contribution in [0, 0.1) is 0 Å². The second kappa shape index (κ2) is 21.1. The first-order chi connectivity index (χ1) is 30.5. The van der Waals surface area contributed by atoms with Gasteiger partial charge < -0.3 is 64.7 Å². The number of hydrogen-bond acceptors (Lipinski definition) is 21. The highest BCUT2D eigenvalue weighted by Gasteiger charge is 2.56. The Bertz CT molecular complexity index is 2310. The lowest BCUT2D eigenvalue weighted by molar-refractivity contribution is -0.182. The zero-order valence-electron chi connectivity index (χ0n) is 33.8. The van der Waals surface area contributed by atoms with Crippen molar-refractivity contribution in [2.24, 2.45) is 21.8 Å². The summed E-state index contributed by atoms with van der Waals surface area (Å²) in [6.07, 6.45) is -0.686. The lowest BCUT2D eigenvalue weighted by atomic mass is 10.0. The lowest BCUT2D eigenvalue weighted by Crippen LogP contribution is -2.71. The van der Waals surface area contributed by atoms with Gasteiger partial charge >= 0.3 is 30.1 Å². The predicted molar refractivity (Wildman–Crippen MR) is 215 cm³/mol. The number of thioether (sulfide) groups is 2. The molecule has 0 aromatic carbocycles. The van der Waals surface area contributed by atoms with Crippen molar-refractivity contribution in [3.8, 4) is 0 Å². The minimum Gasteiger partial charge on any atom is -0.477 e. The fraction of sp³-hybridized carbons (Fsp3) is 0.361. The number of carboxylic acids is 1. The van der Waals surface area contributed by atoms with Crippen LogP contribution >= 0.6 is 23.5 Å². The van der Waals surface area contributed by atoms with Gasteiger partial charge in [0.05, 0.1) is 12.5 Å². The molecule has 2 fully saturated rings. The zero-order chi connectivity index (χ0) is 46.8. The van der Waals surface area contributed by atoms with Crippen LogP contribution in [0.3, 0.4) is 0 Å². The number of amides is 6. The van der Waals surface area contributed by atoms with Crippen LogP contribution in [0.5, 0.6) is 0 Å². The number of carbonyl (C=O) groups excluding carboxylic acids is 8. The maximum atomic E-state index is 13.0. The number of carbonyl (C=O) groups is 9.